The van der Waals surface area contributed by atoms with Gasteiger partial charge in [-0.05, 0) is 0 Å². The second-order valence-electron chi connectivity index (χ2n) is 9.17. The average molecular weight is 502 g/mol. The number of hydrogen-bond acceptors (Lipinski definition) is 3. The number of piperidine rings is 1. The van der Waals surface area contributed by atoms with Gasteiger partial charge < -0.3 is 0 Å². The van der Waals surface area contributed by atoms with E-state index in [-0.39, 0.29) is 29.3 Å². The number of hydrogen-bond donors (Lipinski definition) is 0. The molecule has 1 fully saturated rings. The topological polar surface area (TPSA) is 37.4 Å². The molecule has 2 unspecified atom stereocenters. The standard InChI is InChI=1S/C29H32AsNO2/c1-30(2)18-19-31-20-25(28(32)23-14-8-4-9-15-23)27(22-12-6-3-7-13-22)26(21-31)29(33)24-16-10-5-11-17-24/h3-17,25-27H,18-21H2,1-2H3. The van der Waals surface area contributed by atoms with Gasteiger partial charge in [-0.3, -0.25) is 0 Å². The summed E-state index contributed by atoms with van der Waals surface area (Å²) in [5.41, 5.74) is 7.27. The maximum absolute atomic E-state index is 13.8. The normalized spacial score (nSPS) is 21.1. The second kappa shape index (κ2) is 11.1. The van der Waals surface area contributed by atoms with Gasteiger partial charge in [-0.25, -0.2) is 0 Å². The molecule has 4 heteroatoms. The molecule has 1 aliphatic rings. The number of ketones is 2. The van der Waals surface area contributed by atoms with Gasteiger partial charge in [0.1, 0.15) is 0 Å². The molecule has 0 N–H and O–H groups in total. The van der Waals surface area contributed by atoms with Crippen molar-refractivity contribution < 1.29 is 9.59 Å². The van der Waals surface area contributed by atoms with Gasteiger partial charge in [-0.1, -0.05) is 0 Å². The van der Waals surface area contributed by atoms with E-state index in [1.807, 2.05) is 78.9 Å². The first-order valence-corrected chi connectivity index (χ1v) is 16.7. The molecule has 0 radical (unpaired) electrons. The summed E-state index contributed by atoms with van der Waals surface area (Å²) in [6.07, 6.45) is 0. The summed E-state index contributed by atoms with van der Waals surface area (Å²) in [5, 5.41) is 1.20. The van der Waals surface area contributed by atoms with Crippen molar-refractivity contribution in [2.75, 3.05) is 19.6 Å². The Balaban J connectivity index is 1.76. The summed E-state index contributed by atoms with van der Waals surface area (Å²) in [6, 6.07) is 29.3. The monoisotopic (exact) mass is 501 g/mol. The predicted molar refractivity (Wildman–Crippen MR) is 136 cm³/mol. The molecule has 3 aromatic rings. The van der Waals surface area contributed by atoms with Crippen molar-refractivity contribution in [3.05, 3.63) is 108 Å². The molecule has 0 spiro atoms. The Morgan fingerprint density at radius 1 is 0.727 bits per heavy atom. The molecule has 1 saturated heterocycles. The number of benzene rings is 3. The SMILES string of the molecule is C[As](C)CCN1CC(C(=O)c2ccccc2)C(c2ccccc2)C(C(=O)c2ccccc2)C1. The number of likely N-dealkylation sites (tertiary alicyclic amines) is 1. The molecule has 0 aromatic heterocycles. The van der Waals surface area contributed by atoms with Gasteiger partial charge in [0.25, 0.3) is 0 Å². The van der Waals surface area contributed by atoms with Crippen molar-refractivity contribution in [2.45, 2.75) is 22.5 Å². The molecule has 3 nitrogen and oxygen atoms in total. The Morgan fingerprint density at radius 2 is 1.15 bits per heavy atom. The third-order valence-corrected chi connectivity index (χ3v) is 8.91. The van der Waals surface area contributed by atoms with Crippen molar-refractivity contribution >= 4 is 26.2 Å². The molecule has 1 heterocycles. The van der Waals surface area contributed by atoms with E-state index in [4.69, 9.17) is 0 Å². The molecule has 0 bridgehead atoms. The summed E-state index contributed by atoms with van der Waals surface area (Å²) in [5.74, 6) is -0.364. The van der Waals surface area contributed by atoms with Crippen LogP contribution in [0.15, 0.2) is 91.0 Å². The fraction of sp³-hybridized carbons (Fsp3) is 0.310. The minimum absolute atomic E-state index is 0.139. The van der Waals surface area contributed by atoms with Crippen molar-refractivity contribution in [1.29, 1.82) is 0 Å². The van der Waals surface area contributed by atoms with Gasteiger partial charge in [0, 0.05) is 0 Å². The number of nitrogens with zero attached hydrogens (tertiary/aromatic N) is 1. The molecule has 2 atom stereocenters. The van der Waals surface area contributed by atoms with Crippen LogP contribution in [0.4, 0.5) is 0 Å². The van der Waals surface area contributed by atoms with Gasteiger partial charge in [0.15, 0.2) is 0 Å². The van der Waals surface area contributed by atoms with Crippen LogP contribution >= 0.6 is 0 Å². The van der Waals surface area contributed by atoms with E-state index in [2.05, 4.69) is 28.5 Å². The van der Waals surface area contributed by atoms with Crippen LogP contribution in [0.25, 0.3) is 0 Å². The van der Waals surface area contributed by atoms with E-state index in [0.29, 0.717) is 13.1 Å². The summed E-state index contributed by atoms with van der Waals surface area (Å²) in [6.45, 7) is 2.37. The molecule has 0 saturated carbocycles. The zero-order chi connectivity index (χ0) is 23.2. The van der Waals surface area contributed by atoms with E-state index in [1.54, 1.807) is 0 Å². The Morgan fingerprint density at radius 3 is 1.58 bits per heavy atom. The van der Waals surface area contributed by atoms with Gasteiger partial charge in [-0.15, -0.1) is 0 Å². The van der Waals surface area contributed by atoms with E-state index in [9.17, 15) is 9.59 Å². The first kappa shape index (κ1) is 23.7. The van der Waals surface area contributed by atoms with Crippen LogP contribution in [0.1, 0.15) is 32.2 Å². The van der Waals surface area contributed by atoms with Crippen LogP contribution in [0.2, 0.25) is 16.6 Å². The molecule has 0 amide bonds. The average Bonchev–Trinajstić information content (AvgIpc) is 2.87. The Labute approximate surface area is 202 Å². The van der Waals surface area contributed by atoms with Crippen molar-refractivity contribution in [1.82, 2.24) is 4.90 Å². The van der Waals surface area contributed by atoms with Gasteiger partial charge in [0.05, 0.1) is 0 Å². The fourth-order valence-corrected chi connectivity index (χ4v) is 6.36. The maximum atomic E-state index is 13.8. The van der Waals surface area contributed by atoms with Gasteiger partial charge >= 0.3 is 202 Å². The predicted octanol–water partition coefficient (Wildman–Crippen LogP) is 5.84. The second-order valence-corrected chi connectivity index (χ2v) is 14.6. The third kappa shape index (κ3) is 5.72. The molecule has 4 rings (SSSR count). The summed E-state index contributed by atoms with van der Waals surface area (Å²) >= 11 is -0.803. The summed E-state index contributed by atoms with van der Waals surface area (Å²) < 4.78 is 0. The molecule has 3 aromatic carbocycles. The van der Waals surface area contributed by atoms with Crippen molar-refractivity contribution in [3.8, 4) is 0 Å². The summed E-state index contributed by atoms with van der Waals surface area (Å²) in [4.78, 5) is 30.1. The van der Waals surface area contributed by atoms with Gasteiger partial charge in [0.2, 0.25) is 0 Å². The van der Waals surface area contributed by atoms with Crippen LogP contribution < -0.4 is 0 Å². The van der Waals surface area contributed by atoms with E-state index in [0.717, 1.165) is 23.2 Å². The Kier molecular flexibility index (Phi) is 7.96. The fourth-order valence-electron chi connectivity index (χ4n) is 4.93. The quantitative estimate of drug-likeness (QED) is 0.288. The molecule has 33 heavy (non-hydrogen) atoms. The van der Waals surface area contributed by atoms with Crippen LogP contribution in [-0.4, -0.2) is 50.8 Å². The van der Waals surface area contributed by atoms with E-state index >= 15 is 0 Å². The zero-order valence-electron chi connectivity index (χ0n) is 19.4. The number of rotatable bonds is 8. The van der Waals surface area contributed by atoms with E-state index < -0.39 is 14.7 Å². The molecule has 0 aliphatic carbocycles. The minimum atomic E-state index is -0.803. The number of carbonyl (C=O) groups excluding carboxylic acids is 2. The van der Waals surface area contributed by atoms with Gasteiger partial charge in [-0.2, -0.15) is 0 Å². The Hall–Kier alpha value is -2.48. The van der Waals surface area contributed by atoms with Crippen molar-refractivity contribution in [3.63, 3.8) is 0 Å². The molecular formula is C29H32AsNO2. The van der Waals surface area contributed by atoms with Crippen LogP contribution in [0.3, 0.4) is 0 Å². The van der Waals surface area contributed by atoms with Crippen LogP contribution in [-0.2, 0) is 0 Å². The first-order valence-electron chi connectivity index (χ1n) is 11.6. The first-order chi connectivity index (χ1) is 16.0. The number of Topliss-reactive ketones (excluding diaryl/α,β-unsaturated/α-hetero) is 2. The van der Waals surface area contributed by atoms with Crippen molar-refractivity contribution in [2.24, 2.45) is 11.8 Å². The molecular weight excluding hydrogens is 469 g/mol. The summed E-state index contributed by atoms with van der Waals surface area (Å²) in [7, 11) is 0. The Bertz CT molecular complexity index is 991. The number of carbonyl (C=O) groups is 2. The molecule has 170 valence electrons. The van der Waals surface area contributed by atoms with Crippen LogP contribution in [0.5, 0.6) is 0 Å². The van der Waals surface area contributed by atoms with E-state index in [1.165, 1.54) is 5.21 Å². The zero-order valence-corrected chi connectivity index (χ0v) is 21.3. The van der Waals surface area contributed by atoms with Crippen LogP contribution in [0, 0.1) is 11.8 Å². The molecule has 1 aliphatic heterocycles. The third-order valence-electron chi connectivity index (χ3n) is 6.61.